The summed E-state index contributed by atoms with van der Waals surface area (Å²) in [6.07, 6.45) is -0.0643. The van der Waals surface area contributed by atoms with Gasteiger partial charge in [0.25, 0.3) is 0 Å². The van der Waals surface area contributed by atoms with Crippen molar-refractivity contribution >= 4 is 0 Å². The van der Waals surface area contributed by atoms with E-state index < -0.39 is 0 Å². The Morgan fingerprint density at radius 3 is 2.15 bits per heavy atom. The third kappa shape index (κ3) is 3.87. The van der Waals surface area contributed by atoms with Gasteiger partial charge in [-0.05, 0) is 30.0 Å². The van der Waals surface area contributed by atoms with Crippen LogP contribution in [-0.2, 0) is 4.74 Å². The van der Waals surface area contributed by atoms with Crippen LogP contribution in [0.1, 0.15) is 39.3 Å². The lowest BCUT2D eigenvalue weighted by Gasteiger charge is -2.35. The van der Waals surface area contributed by atoms with Gasteiger partial charge in [-0.3, -0.25) is 0 Å². The molecule has 114 valence electrons. The fourth-order valence-corrected chi connectivity index (χ4v) is 2.31. The number of rotatable bonds is 6. The van der Waals surface area contributed by atoms with Gasteiger partial charge in [-0.2, -0.15) is 0 Å². The Morgan fingerprint density at radius 1 is 1.10 bits per heavy atom. The highest BCUT2D eigenvalue weighted by Gasteiger charge is 2.32. The summed E-state index contributed by atoms with van der Waals surface area (Å²) in [7, 11) is 3.24. The van der Waals surface area contributed by atoms with Gasteiger partial charge in [0.05, 0.1) is 26.4 Å². The molecule has 2 unspecified atom stereocenters. The number of hydrogen-bond donors (Lipinski definition) is 1. The van der Waals surface area contributed by atoms with Gasteiger partial charge < -0.3 is 19.9 Å². The van der Waals surface area contributed by atoms with Crippen molar-refractivity contribution in [1.82, 2.24) is 0 Å². The van der Waals surface area contributed by atoms with Crippen molar-refractivity contribution in [2.24, 2.45) is 11.1 Å². The van der Waals surface area contributed by atoms with E-state index in [-0.39, 0.29) is 17.6 Å². The highest BCUT2D eigenvalue weighted by atomic mass is 16.5. The Hall–Kier alpha value is -1.26. The molecule has 1 aromatic rings. The largest absolute Gasteiger partial charge is 0.493 e. The van der Waals surface area contributed by atoms with Gasteiger partial charge in [0.2, 0.25) is 0 Å². The summed E-state index contributed by atoms with van der Waals surface area (Å²) in [6, 6.07) is 5.54. The second-order valence-corrected chi connectivity index (χ2v) is 5.88. The van der Waals surface area contributed by atoms with Gasteiger partial charge in [0.1, 0.15) is 0 Å². The first-order valence-electron chi connectivity index (χ1n) is 6.94. The minimum absolute atomic E-state index is 0.0391. The van der Waals surface area contributed by atoms with Gasteiger partial charge in [0, 0.05) is 6.61 Å². The van der Waals surface area contributed by atoms with Crippen molar-refractivity contribution in [3.63, 3.8) is 0 Å². The molecule has 0 bridgehead atoms. The fourth-order valence-electron chi connectivity index (χ4n) is 2.31. The third-order valence-corrected chi connectivity index (χ3v) is 3.32. The highest BCUT2D eigenvalue weighted by Crippen LogP contribution is 2.35. The smallest absolute Gasteiger partial charge is 0.161 e. The topological polar surface area (TPSA) is 53.7 Å². The van der Waals surface area contributed by atoms with Crippen LogP contribution in [0.25, 0.3) is 0 Å². The molecule has 0 aliphatic rings. The molecule has 1 rings (SSSR count). The molecule has 0 amide bonds. The van der Waals surface area contributed by atoms with E-state index in [9.17, 15) is 0 Å². The molecule has 0 aromatic heterocycles. The van der Waals surface area contributed by atoms with Crippen LogP contribution in [0.15, 0.2) is 18.2 Å². The second kappa shape index (κ2) is 6.95. The molecule has 4 heteroatoms. The molecule has 0 fully saturated rings. The fraction of sp³-hybridized carbons (Fsp3) is 0.625. The summed E-state index contributed by atoms with van der Waals surface area (Å²) >= 11 is 0. The molecule has 20 heavy (non-hydrogen) atoms. The maximum absolute atomic E-state index is 6.41. The molecule has 4 nitrogen and oxygen atoms in total. The van der Waals surface area contributed by atoms with Gasteiger partial charge in [0.15, 0.2) is 11.5 Å². The highest BCUT2D eigenvalue weighted by molar-refractivity contribution is 5.44. The van der Waals surface area contributed by atoms with E-state index in [1.54, 1.807) is 14.2 Å². The van der Waals surface area contributed by atoms with Crippen LogP contribution in [0.5, 0.6) is 11.5 Å². The SMILES string of the molecule is CCOC(C(N)c1ccc(OC)c(OC)c1)C(C)(C)C. The summed E-state index contributed by atoms with van der Waals surface area (Å²) in [5, 5.41) is 0. The summed E-state index contributed by atoms with van der Waals surface area (Å²) < 4.78 is 16.4. The third-order valence-electron chi connectivity index (χ3n) is 3.32. The predicted molar refractivity (Wildman–Crippen MR) is 81.3 cm³/mol. The standard InChI is InChI=1S/C16H27NO3/c1-7-20-15(16(2,3)4)14(17)11-8-9-12(18-5)13(10-11)19-6/h8-10,14-15H,7,17H2,1-6H3. The zero-order chi connectivity index (χ0) is 15.3. The minimum Gasteiger partial charge on any atom is -0.493 e. The molecule has 1 aromatic carbocycles. The Morgan fingerprint density at radius 2 is 1.70 bits per heavy atom. The maximum atomic E-state index is 6.41. The van der Waals surface area contributed by atoms with E-state index in [1.165, 1.54) is 0 Å². The van der Waals surface area contributed by atoms with E-state index >= 15 is 0 Å². The van der Waals surface area contributed by atoms with Crippen LogP contribution >= 0.6 is 0 Å². The van der Waals surface area contributed by atoms with Crippen LogP contribution in [-0.4, -0.2) is 26.9 Å². The van der Waals surface area contributed by atoms with Gasteiger partial charge in [-0.1, -0.05) is 26.8 Å². The zero-order valence-corrected chi connectivity index (χ0v) is 13.4. The average molecular weight is 281 g/mol. The lowest BCUT2D eigenvalue weighted by Crippen LogP contribution is -2.39. The first-order chi connectivity index (χ1) is 9.35. The van der Waals surface area contributed by atoms with E-state index in [1.807, 2.05) is 25.1 Å². The number of methoxy groups -OCH3 is 2. The molecule has 0 saturated carbocycles. The lowest BCUT2D eigenvalue weighted by molar-refractivity contribution is -0.0283. The second-order valence-electron chi connectivity index (χ2n) is 5.88. The molecule has 0 saturated heterocycles. The van der Waals surface area contributed by atoms with Crippen LogP contribution in [0, 0.1) is 5.41 Å². The van der Waals surface area contributed by atoms with Crippen molar-refractivity contribution in [2.45, 2.75) is 39.8 Å². The molecule has 2 N–H and O–H groups in total. The Labute approximate surface area is 122 Å². The van der Waals surface area contributed by atoms with Crippen molar-refractivity contribution < 1.29 is 14.2 Å². The summed E-state index contributed by atoms with van der Waals surface area (Å²) in [5.41, 5.74) is 7.35. The Kier molecular flexibility index (Phi) is 5.84. The maximum Gasteiger partial charge on any atom is 0.161 e. The first-order valence-corrected chi connectivity index (χ1v) is 6.94. The number of benzene rings is 1. The van der Waals surface area contributed by atoms with Crippen LogP contribution < -0.4 is 15.2 Å². The number of hydrogen-bond acceptors (Lipinski definition) is 4. The van der Waals surface area contributed by atoms with Crippen molar-refractivity contribution in [1.29, 1.82) is 0 Å². The molecule has 0 radical (unpaired) electrons. The van der Waals surface area contributed by atoms with E-state index in [4.69, 9.17) is 19.9 Å². The predicted octanol–water partition coefficient (Wildman–Crippen LogP) is 3.15. The van der Waals surface area contributed by atoms with Crippen LogP contribution in [0.3, 0.4) is 0 Å². The van der Waals surface area contributed by atoms with Crippen LogP contribution in [0.2, 0.25) is 0 Å². The molecule has 0 spiro atoms. The van der Waals surface area contributed by atoms with Gasteiger partial charge in [-0.15, -0.1) is 0 Å². The van der Waals surface area contributed by atoms with E-state index in [0.29, 0.717) is 18.1 Å². The molecule has 0 aliphatic heterocycles. The summed E-state index contributed by atoms with van der Waals surface area (Å²) in [6.45, 7) is 9.03. The zero-order valence-electron chi connectivity index (χ0n) is 13.4. The van der Waals surface area contributed by atoms with Crippen molar-refractivity contribution in [3.8, 4) is 11.5 Å². The molecule has 0 aliphatic carbocycles. The minimum atomic E-state index is -0.213. The quantitative estimate of drug-likeness (QED) is 0.870. The lowest BCUT2D eigenvalue weighted by atomic mass is 9.82. The Bertz CT molecular complexity index is 426. The van der Waals surface area contributed by atoms with Crippen LogP contribution in [0.4, 0.5) is 0 Å². The number of ether oxygens (including phenoxy) is 3. The van der Waals surface area contributed by atoms with E-state index in [0.717, 1.165) is 5.56 Å². The first kappa shape index (κ1) is 16.8. The molecular formula is C16H27NO3. The molecule has 0 heterocycles. The molecule has 2 atom stereocenters. The summed E-state index contributed by atoms with van der Waals surface area (Å²) in [4.78, 5) is 0. The van der Waals surface area contributed by atoms with E-state index in [2.05, 4.69) is 20.8 Å². The monoisotopic (exact) mass is 281 g/mol. The van der Waals surface area contributed by atoms with Crippen molar-refractivity contribution in [3.05, 3.63) is 23.8 Å². The van der Waals surface area contributed by atoms with Crippen molar-refractivity contribution in [2.75, 3.05) is 20.8 Å². The van der Waals surface area contributed by atoms with Gasteiger partial charge in [-0.25, -0.2) is 0 Å². The average Bonchev–Trinajstić information content (AvgIpc) is 2.41. The number of nitrogens with two attached hydrogens (primary N) is 1. The Balaban J connectivity index is 3.08. The molecular weight excluding hydrogens is 254 g/mol. The van der Waals surface area contributed by atoms with Gasteiger partial charge >= 0.3 is 0 Å². The summed E-state index contributed by atoms with van der Waals surface area (Å²) in [5.74, 6) is 1.39. The normalized spacial score (nSPS) is 14.8.